The molecular weight excluding hydrogens is 158 g/mol. The number of hydrogen-bond acceptors (Lipinski definition) is 3. The molecule has 0 rings (SSSR count). The van der Waals surface area contributed by atoms with Gasteiger partial charge >= 0.3 is 5.97 Å². The quantitative estimate of drug-likeness (QED) is 0.603. The van der Waals surface area contributed by atoms with Crippen molar-refractivity contribution in [1.29, 1.82) is 0 Å². The highest BCUT2D eigenvalue weighted by molar-refractivity contribution is 5.78. The van der Waals surface area contributed by atoms with Crippen LogP contribution in [-0.4, -0.2) is 22.9 Å². The summed E-state index contributed by atoms with van der Waals surface area (Å²) in [6.07, 6.45) is 0.861. The van der Waals surface area contributed by atoms with Gasteiger partial charge in [-0.1, -0.05) is 13.8 Å². The van der Waals surface area contributed by atoms with E-state index in [4.69, 9.17) is 10.8 Å². The minimum absolute atomic E-state index is 0.138. The SMILES string of the molecule is CC(C)(C=O)CC(C)(N)C(=O)O. The maximum absolute atomic E-state index is 10.6. The first-order valence-electron chi connectivity index (χ1n) is 3.70. The Labute approximate surface area is 71.8 Å². The van der Waals surface area contributed by atoms with Crippen LogP contribution >= 0.6 is 0 Å². The van der Waals surface area contributed by atoms with Gasteiger partial charge in [0, 0.05) is 5.41 Å². The fourth-order valence-corrected chi connectivity index (χ4v) is 1.06. The molecular formula is C8H15NO3. The zero-order chi connectivity index (χ0) is 9.99. The van der Waals surface area contributed by atoms with Crippen molar-refractivity contribution in [2.24, 2.45) is 11.1 Å². The van der Waals surface area contributed by atoms with Crippen LogP contribution in [0.1, 0.15) is 27.2 Å². The Bertz CT molecular complexity index is 196. The van der Waals surface area contributed by atoms with E-state index in [-0.39, 0.29) is 6.42 Å². The summed E-state index contributed by atoms with van der Waals surface area (Å²) in [6, 6.07) is 0. The van der Waals surface area contributed by atoms with E-state index < -0.39 is 16.9 Å². The van der Waals surface area contributed by atoms with Gasteiger partial charge < -0.3 is 15.6 Å². The van der Waals surface area contributed by atoms with E-state index in [1.54, 1.807) is 13.8 Å². The molecule has 12 heavy (non-hydrogen) atoms. The number of hydrogen-bond donors (Lipinski definition) is 2. The lowest BCUT2D eigenvalue weighted by Crippen LogP contribution is -2.48. The van der Waals surface area contributed by atoms with Crippen molar-refractivity contribution in [3.05, 3.63) is 0 Å². The molecule has 0 saturated heterocycles. The lowest BCUT2D eigenvalue weighted by Gasteiger charge is -2.27. The van der Waals surface area contributed by atoms with Crippen molar-refractivity contribution in [2.45, 2.75) is 32.7 Å². The molecule has 0 aromatic carbocycles. The molecule has 0 saturated carbocycles. The zero-order valence-corrected chi connectivity index (χ0v) is 7.63. The molecule has 0 aliphatic carbocycles. The summed E-state index contributed by atoms with van der Waals surface area (Å²) in [5.74, 6) is -1.09. The average molecular weight is 173 g/mol. The summed E-state index contributed by atoms with van der Waals surface area (Å²) >= 11 is 0. The van der Waals surface area contributed by atoms with Gasteiger partial charge in [-0.15, -0.1) is 0 Å². The van der Waals surface area contributed by atoms with Gasteiger partial charge in [0.2, 0.25) is 0 Å². The Balaban J connectivity index is 4.44. The van der Waals surface area contributed by atoms with E-state index in [0.29, 0.717) is 0 Å². The Morgan fingerprint density at radius 2 is 1.92 bits per heavy atom. The second-order valence-electron chi connectivity index (χ2n) is 4.01. The van der Waals surface area contributed by atoms with Gasteiger partial charge in [0.25, 0.3) is 0 Å². The minimum Gasteiger partial charge on any atom is -0.480 e. The van der Waals surface area contributed by atoms with Crippen LogP contribution in [0, 0.1) is 5.41 Å². The van der Waals surface area contributed by atoms with Crippen LogP contribution < -0.4 is 5.73 Å². The first-order chi connectivity index (χ1) is 5.21. The van der Waals surface area contributed by atoms with Crippen LogP contribution in [0.25, 0.3) is 0 Å². The molecule has 0 spiro atoms. The van der Waals surface area contributed by atoms with Crippen LogP contribution in [-0.2, 0) is 9.59 Å². The van der Waals surface area contributed by atoms with Crippen molar-refractivity contribution in [1.82, 2.24) is 0 Å². The van der Waals surface area contributed by atoms with Crippen LogP contribution in [0.15, 0.2) is 0 Å². The highest BCUT2D eigenvalue weighted by Crippen LogP contribution is 2.24. The molecule has 1 unspecified atom stereocenters. The van der Waals surface area contributed by atoms with Crippen molar-refractivity contribution in [3.63, 3.8) is 0 Å². The standard InChI is InChI=1S/C8H15NO3/c1-7(2,5-10)4-8(3,9)6(11)12/h5H,4,9H2,1-3H3,(H,11,12). The molecule has 0 aromatic heterocycles. The van der Waals surface area contributed by atoms with Gasteiger partial charge in [-0.3, -0.25) is 4.79 Å². The second kappa shape index (κ2) is 3.23. The van der Waals surface area contributed by atoms with Gasteiger partial charge in [-0.25, -0.2) is 0 Å². The number of nitrogens with two attached hydrogens (primary N) is 1. The van der Waals surface area contributed by atoms with Crippen molar-refractivity contribution in [2.75, 3.05) is 0 Å². The largest absolute Gasteiger partial charge is 0.480 e. The Morgan fingerprint density at radius 1 is 1.50 bits per heavy atom. The van der Waals surface area contributed by atoms with Crippen LogP contribution in [0.4, 0.5) is 0 Å². The van der Waals surface area contributed by atoms with Gasteiger partial charge in [-0.05, 0) is 13.3 Å². The molecule has 0 aromatic rings. The fourth-order valence-electron chi connectivity index (χ4n) is 1.06. The summed E-state index contributed by atoms with van der Waals surface area (Å²) in [7, 11) is 0. The average Bonchev–Trinajstić information content (AvgIpc) is 1.85. The molecule has 0 aliphatic heterocycles. The summed E-state index contributed by atoms with van der Waals surface area (Å²) in [5, 5.41) is 8.66. The highest BCUT2D eigenvalue weighted by atomic mass is 16.4. The van der Waals surface area contributed by atoms with E-state index >= 15 is 0 Å². The number of carboxylic acids is 1. The van der Waals surface area contributed by atoms with Gasteiger partial charge in [-0.2, -0.15) is 0 Å². The highest BCUT2D eigenvalue weighted by Gasteiger charge is 2.34. The van der Waals surface area contributed by atoms with Gasteiger partial charge in [0.1, 0.15) is 11.8 Å². The minimum atomic E-state index is -1.33. The van der Waals surface area contributed by atoms with Crippen molar-refractivity contribution < 1.29 is 14.7 Å². The number of aldehydes is 1. The number of rotatable bonds is 4. The predicted octanol–water partition coefficient (Wildman–Crippen LogP) is 0.404. The fraction of sp³-hybridized carbons (Fsp3) is 0.750. The molecule has 70 valence electrons. The predicted molar refractivity (Wildman–Crippen MR) is 44.7 cm³/mol. The first kappa shape index (κ1) is 11.1. The van der Waals surface area contributed by atoms with E-state index in [0.717, 1.165) is 6.29 Å². The maximum atomic E-state index is 10.6. The molecule has 0 bridgehead atoms. The van der Waals surface area contributed by atoms with Crippen LogP contribution in [0.5, 0.6) is 0 Å². The number of aliphatic carboxylic acids is 1. The summed E-state index contributed by atoms with van der Waals surface area (Å²) in [4.78, 5) is 21.1. The lowest BCUT2D eigenvalue weighted by atomic mass is 9.81. The second-order valence-corrected chi connectivity index (χ2v) is 4.01. The van der Waals surface area contributed by atoms with Gasteiger partial charge in [0.15, 0.2) is 0 Å². The third kappa shape index (κ3) is 3.00. The van der Waals surface area contributed by atoms with Gasteiger partial charge in [0.05, 0.1) is 0 Å². The van der Waals surface area contributed by atoms with Crippen molar-refractivity contribution in [3.8, 4) is 0 Å². The van der Waals surface area contributed by atoms with Crippen LogP contribution in [0.3, 0.4) is 0 Å². The zero-order valence-electron chi connectivity index (χ0n) is 7.63. The molecule has 0 fully saturated rings. The van der Waals surface area contributed by atoms with Crippen LogP contribution in [0.2, 0.25) is 0 Å². The number of carbonyl (C=O) groups excluding carboxylic acids is 1. The monoisotopic (exact) mass is 173 g/mol. The molecule has 1 atom stereocenters. The normalized spacial score (nSPS) is 16.7. The van der Waals surface area contributed by atoms with E-state index in [1.165, 1.54) is 6.92 Å². The lowest BCUT2D eigenvalue weighted by molar-refractivity contribution is -0.144. The summed E-state index contributed by atoms with van der Waals surface area (Å²) in [5.41, 5.74) is 3.46. The number of carbonyl (C=O) groups is 2. The molecule has 4 nitrogen and oxygen atoms in total. The molecule has 0 amide bonds. The topological polar surface area (TPSA) is 80.4 Å². The first-order valence-corrected chi connectivity index (χ1v) is 3.70. The Morgan fingerprint density at radius 3 is 2.17 bits per heavy atom. The third-order valence-corrected chi connectivity index (χ3v) is 1.63. The van der Waals surface area contributed by atoms with E-state index in [2.05, 4.69) is 0 Å². The molecule has 0 radical (unpaired) electrons. The summed E-state index contributed by atoms with van der Waals surface area (Å²) in [6.45, 7) is 4.72. The molecule has 3 N–H and O–H groups in total. The summed E-state index contributed by atoms with van der Waals surface area (Å²) < 4.78 is 0. The van der Waals surface area contributed by atoms with E-state index in [9.17, 15) is 9.59 Å². The maximum Gasteiger partial charge on any atom is 0.323 e. The Hall–Kier alpha value is -0.900. The molecule has 0 aliphatic rings. The van der Waals surface area contributed by atoms with E-state index in [1.807, 2.05) is 0 Å². The Kier molecular flexibility index (Phi) is 2.98. The third-order valence-electron chi connectivity index (χ3n) is 1.63. The smallest absolute Gasteiger partial charge is 0.323 e. The molecule has 0 heterocycles. The van der Waals surface area contributed by atoms with Crippen molar-refractivity contribution >= 4 is 12.3 Å². The molecule has 4 heteroatoms. The number of carboxylic acid groups (broad SMARTS) is 1.